The van der Waals surface area contributed by atoms with Crippen molar-refractivity contribution in [3.63, 3.8) is 0 Å². The van der Waals surface area contributed by atoms with Crippen LogP contribution in [0.1, 0.15) is 0 Å². The molecular weight excluding hydrogens is 444 g/mol. The molecule has 33 heavy (non-hydrogen) atoms. The molecule has 12 nitrogen and oxygen atoms in total. The van der Waals surface area contributed by atoms with Gasteiger partial charge in [0.1, 0.15) is 41.3 Å². The number of phenolic OH excluding ortho intramolecular Hbond substituents is 3. The molecule has 1 fully saturated rings. The fourth-order valence-corrected chi connectivity index (χ4v) is 3.51. The number of aromatic hydroxyl groups is 4. The largest absolute Gasteiger partial charge is 0.508 e. The van der Waals surface area contributed by atoms with Crippen LogP contribution in [0.25, 0.3) is 22.3 Å². The molecule has 0 radical (unpaired) electrons. The van der Waals surface area contributed by atoms with E-state index in [1.54, 1.807) is 0 Å². The zero-order valence-electron chi connectivity index (χ0n) is 16.7. The van der Waals surface area contributed by atoms with Crippen molar-refractivity contribution in [1.82, 2.24) is 0 Å². The highest BCUT2D eigenvalue weighted by Crippen LogP contribution is 2.43. The van der Waals surface area contributed by atoms with Crippen LogP contribution in [0.4, 0.5) is 0 Å². The van der Waals surface area contributed by atoms with Crippen LogP contribution in [-0.4, -0.2) is 78.2 Å². The van der Waals surface area contributed by atoms with Gasteiger partial charge in [-0.15, -0.1) is 0 Å². The van der Waals surface area contributed by atoms with Gasteiger partial charge in [-0.05, 0) is 24.3 Å². The molecule has 1 aliphatic rings. The fraction of sp³-hybridized carbons (Fsp3) is 0.286. The Balaban J connectivity index is 1.88. The highest BCUT2D eigenvalue weighted by Gasteiger charge is 2.45. The van der Waals surface area contributed by atoms with Crippen LogP contribution in [0.2, 0.25) is 0 Å². The fourth-order valence-electron chi connectivity index (χ4n) is 3.51. The molecule has 1 aliphatic heterocycles. The number of aliphatic hydroxyl groups excluding tert-OH is 4. The molecule has 8 N–H and O–H groups in total. The van der Waals surface area contributed by atoms with E-state index in [1.807, 2.05) is 0 Å². The van der Waals surface area contributed by atoms with Gasteiger partial charge in [0, 0.05) is 11.6 Å². The molecule has 5 atom stereocenters. The lowest BCUT2D eigenvalue weighted by atomic mass is 9.99. The second kappa shape index (κ2) is 8.42. The minimum atomic E-state index is -1.84. The molecule has 12 heteroatoms. The van der Waals surface area contributed by atoms with E-state index in [1.165, 1.54) is 24.3 Å². The summed E-state index contributed by atoms with van der Waals surface area (Å²) in [6, 6.07) is 5.94. The molecule has 3 aromatic rings. The SMILES string of the molecule is O=c1c(O)c(-c2ccc(O)cc2)oc2c(O[C@H]3O[C@@H](CO)[C@H](O)[C@@H](O)[C@@H]3O)c(O)cc(O)c12. The van der Waals surface area contributed by atoms with Crippen molar-refractivity contribution < 1.29 is 54.7 Å². The minimum absolute atomic E-state index is 0.0942. The standard InChI is InChI=1S/C21H20O12/c22-6-11-13(26)15(28)17(30)21(31-11)33-19-10(25)5-9(24)12-14(27)16(29)18(32-20(12)19)7-1-3-8(23)4-2-7/h1-5,11,13,15,17,21-26,28-30H,6H2/t11-,13-,15+,17-,21+/m0/s1. The lowest BCUT2D eigenvalue weighted by Gasteiger charge is -2.39. The third-order valence-electron chi connectivity index (χ3n) is 5.27. The van der Waals surface area contributed by atoms with E-state index in [0.717, 1.165) is 6.07 Å². The molecule has 0 spiro atoms. The Bertz CT molecular complexity index is 1230. The summed E-state index contributed by atoms with van der Waals surface area (Å²) in [4.78, 5) is 12.8. The maximum atomic E-state index is 12.8. The minimum Gasteiger partial charge on any atom is -0.508 e. The summed E-state index contributed by atoms with van der Waals surface area (Å²) in [5, 5.41) is 79.3. The molecule has 2 aromatic carbocycles. The van der Waals surface area contributed by atoms with Gasteiger partial charge in [0.2, 0.25) is 23.2 Å². The van der Waals surface area contributed by atoms with Gasteiger partial charge in [-0.25, -0.2) is 0 Å². The van der Waals surface area contributed by atoms with Crippen molar-refractivity contribution in [2.45, 2.75) is 30.7 Å². The average molecular weight is 464 g/mol. The summed E-state index contributed by atoms with van der Waals surface area (Å²) in [6.07, 6.45) is -8.34. The number of hydrogen-bond acceptors (Lipinski definition) is 12. The Morgan fingerprint density at radius 1 is 0.909 bits per heavy atom. The van der Waals surface area contributed by atoms with Gasteiger partial charge in [-0.2, -0.15) is 0 Å². The van der Waals surface area contributed by atoms with Gasteiger partial charge in [-0.1, -0.05) is 0 Å². The molecule has 0 amide bonds. The predicted molar refractivity (Wildman–Crippen MR) is 109 cm³/mol. The smallest absolute Gasteiger partial charge is 0.238 e. The average Bonchev–Trinajstić information content (AvgIpc) is 2.78. The van der Waals surface area contributed by atoms with Crippen molar-refractivity contribution >= 4 is 11.0 Å². The molecule has 4 rings (SSSR count). The maximum absolute atomic E-state index is 12.8. The molecule has 0 bridgehead atoms. The van der Waals surface area contributed by atoms with Crippen molar-refractivity contribution in [2.75, 3.05) is 6.61 Å². The molecular formula is C21H20O12. The number of fused-ring (bicyclic) bond motifs is 1. The van der Waals surface area contributed by atoms with Crippen LogP contribution in [-0.2, 0) is 4.74 Å². The number of benzene rings is 2. The monoisotopic (exact) mass is 464 g/mol. The molecule has 1 saturated heterocycles. The Labute approximate surface area is 184 Å². The maximum Gasteiger partial charge on any atom is 0.238 e. The van der Waals surface area contributed by atoms with Gasteiger partial charge in [0.15, 0.2) is 17.1 Å². The van der Waals surface area contributed by atoms with Crippen molar-refractivity contribution in [3.8, 4) is 40.1 Å². The summed E-state index contributed by atoms with van der Waals surface area (Å²) in [5.41, 5.74) is -1.45. The Kier molecular flexibility index (Phi) is 5.78. The first-order valence-electron chi connectivity index (χ1n) is 9.65. The van der Waals surface area contributed by atoms with Gasteiger partial charge in [0.05, 0.1) is 6.61 Å². The topological polar surface area (TPSA) is 211 Å². The Morgan fingerprint density at radius 2 is 1.58 bits per heavy atom. The second-order valence-electron chi connectivity index (χ2n) is 7.42. The first kappa shape index (κ1) is 22.6. The van der Waals surface area contributed by atoms with Gasteiger partial charge < -0.3 is 54.7 Å². The van der Waals surface area contributed by atoms with Gasteiger partial charge in [0.25, 0.3) is 0 Å². The van der Waals surface area contributed by atoms with Gasteiger partial charge >= 0.3 is 0 Å². The molecule has 0 saturated carbocycles. The van der Waals surface area contributed by atoms with Crippen LogP contribution in [0.3, 0.4) is 0 Å². The predicted octanol–water partition coefficient (Wildman–Crippen LogP) is -0.539. The molecule has 2 heterocycles. The summed E-state index contributed by atoms with van der Waals surface area (Å²) >= 11 is 0. The third kappa shape index (κ3) is 3.79. The van der Waals surface area contributed by atoms with Gasteiger partial charge in [-0.3, -0.25) is 4.79 Å². The van der Waals surface area contributed by atoms with Crippen molar-refractivity contribution in [2.24, 2.45) is 0 Å². The second-order valence-corrected chi connectivity index (χ2v) is 7.42. The molecule has 0 aliphatic carbocycles. The first-order chi connectivity index (χ1) is 15.6. The zero-order chi connectivity index (χ0) is 24.0. The molecule has 176 valence electrons. The van der Waals surface area contributed by atoms with E-state index in [9.17, 15) is 45.6 Å². The van der Waals surface area contributed by atoms with E-state index >= 15 is 0 Å². The lowest BCUT2D eigenvalue weighted by Crippen LogP contribution is -2.60. The zero-order valence-corrected chi connectivity index (χ0v) is 16.7. The van der Waals surface area contributed by atoms with Crippen LogP contribution in [0.15, 0.2) is 39.5 Å². The van der Waals surface area contributed by atoms with Crippen LogP contribution in [0, 0.1) is 0 Å². The number of rotatable bonds is 4. The van der Waals surface area contributed by atoms with E-state index in [0.29, 0.717) is 0 Å². The Hall–Kier alpha value is -3.55. The Morgan fingerprint density at radius 3 is 2.21 bits per heavy atom. The molecule has 0 unspecified atom stereocenters. The van der Waals surface area contributed by atoms with E-state index in [-0.39, 0.29) is 17.1 Å². The third-order valence-corrected chi connectivity index (χ3v) is 5.27. The first-order valence-corrected chi connectivity index (χ1v) is 9.65. The highest BCUT2D eigenvalue weighted by atomic mass is 16.7. The van der Waals surface area contributed by atoms with Crippen LogP contribution in [0.5, 0.6) is 28.7 Å². The molecule has 1 aromatic heterocycles. The van der Waals surface area contributed by atoms with Crippen LogP contribution >= 0.6 is 0 Å². The number of hydrogen-bond donors (Lipinski definition) is 8. The number of ether oxygens (including phenoxy) is 2. The van der Waals surface area contributed by atoms with E-state index in [2.05, 4.69) is 0 Å². The number of phenols is 3. The highest BCUT2D eigenvalue weighted by molar-refractivity contribution is 5.93. The normalized spacial score (nSPS) is 25.3. The summed E-state index contributed by atoms with van der Waals surface area (Å²) in [7, 11) is 0. The van der Waals surface area contributed by atoms with Crippen molar-refractivity contribution in [3.05, 3.63) is 40.6 Å². The summed E-state index contributed by atoms with van der Waals surface area (Å²) in [6.45, 7) is -0.735. The lowest BCUT2D eigenvalue weighted by molar-refractivity contribution is -0.277. The van der Waals surface area contributed by atoms with Crippen molar-refractivity contribution in [1.29, 1.82) is 0 Å². The van der Waals surface area contributed by atoms with E-state index in [4.69, 9.17) is 13.9 Å². The van der Waals surface area contributed by atoms with E-state index < -0.39 is 76.7 Å². The number of aliphatic hydroxyl groups is 4. The quantitative estimate of drug-likeness (QED) is 0.245. The van der Waals surface area contributed by atoms with Crippen LogP contribution < -0.4 is 10.2 Å². The summed E-state index contributed by atoms with van der Waals surface area (Å²) < 4.78 is 16.3. The summed E-state index contributed by atoms with van der Waals surface area (Å²) in [5.74, 6) is -3.43.